The number of unbranched alkanes of at least 4 members (excludes halogenated alkanes) is 1. The zero-order valence-corrected chi connectivity index (χ0v) is 22.0. The van der Waals surface area contributed by atoms with Crippen molar-refractivity contribution >= 4 is 32.9 Å². The van der Waals surface area contributed by atoms with Crippen molar-refractivity contribution in [2.24, 2.45) is 0 Å². The monoisotopic (exact) mass is 533 g/mol. The molecule has 1 N–H and O–H groups in total. The number of para-hydroxylation sites is 2. The predicted octanol–water partition coefficient (Wildman–Crippen LogP) is 6.64. The highest BCUT2D eigenvalue weighted by Gasteiger charge is 2.11. The number of carbonyl (C=O) groups is 1. The first-order valence-corrected chi connectivity index (χ1v) is 13.0. The van der Waals surface area contributed by atoms with Crippen molar-refractivity contribution in [2.45, 2.75) is 46.1 Å². The number of hydrogen-bond donors (Lipinski definition) is 1. The molecule has 0 saturated heterocycles. The van der Waals surface area contributed by atoms with Gasteiger partial charge in [-0.05, 0) is 81.1 Å². The molecule has 4 aromatic rings. The lowest BCUT2D eigenvalue weighted by molar-refractivity contribution is 0.0953. The maximum absolute atomic E-state index is 12.4. The number of imidazole rings is 1. The normalized spacial score (nSPS) is 11.1. The minimum atomic E-state index is -0.0465. The molecular formula is C29H32BrN3O2. The van der Waals surface area contributed by atoms with Crippen LogP contribution in [-0.2, 0) is 13.0 Å². The van der Waals surface area contributed by atoms with Gasteiger partial charge in [0.1, 0.15) is 11.6 Å². The molecule has 0 atom stereocenters. The van der Waals surface area contributed by atoms with Crippen LogP contribution in [0.15, 0.2) is 71.2 Å². The number of carbonyl (C=O) groups excluding carboxylic acids is 1. The molecule has 4 rings (SSSR count). The quantitative estimate of drug-likeness (QED) is 0.220. The van der Waals surface area contributed by atoms with Crippen LogP contribution < -0.4 is 10.1 Å². The van der Waals surface area contributed by atoms with E-state index in [-0.39, 0.29) is 5.91 Å². The number of nitrogens with one attached hydrogen (secondary N) is 1. The third kappa shape index (κ3) is 6.73. The van der Waals surface area contributed by atoms with E-state index in [1.54, 1.807) is 0 Å². The Morgan fingerprint density at radius 1 is 1.00 bits per heavy atom. The van der Waals surface area contributed by atoms with Gasteiger partial charge in [0.25, 0.3) is 5.91 Å². The van der Waals surface area contributed by atoms with Gasteiger partial charge >= 0.3 is 0 Å². The number of aryl methyl sites for hydroxylation is 4. The van der Waals surface area contributed by atoms with Crippen molar-refractivity contribution in [3.63, 3.8) is 0 Å². The summed E-state index contributed by atoms with van der Waals surface area (Å²) in [6.45, 7) is 6.40. The number of benzene rings is 3. The first kappa shape index (κ1) is 25.0. The van der Waals surface area contributed by atoms with E-state index in [2.05, 4.69) is 76.1 Å². The molecular weight excluding hydrogens is 502 g/mol. The lowest BCUT2D eigenvalue weighted by atomic mass is 10.1. The summed E-state index contributed by atoms with van der Waals surface area (Å²) in [4.78, 5) is 17.2. The van der Waals surface area contributed by atoms with Gasteiger partial charge < -0.3 is 14.6 Å². The van der Waals surface area contributed by atoms with Crippen LogP contribution in [0, 0.1) is 13.8 Å². The number of halogens is 1. The van der Waals surface area contributed by atoms with Crippen LogP contribution in [0.4, 0.5) is 0 Å². The van der Waals surface area contributed by atoms with E-state index in [0.717, 1.165) is 59.3 Å². The Bertz CT molecular complexity index is 1280. The van der Waals surface area contributed by atoms with Gasteiger partial charge in [-0.1, -0.05) is 45.8 Å². The van der Waals surface area contributed by atoms with Gasteiger partial charge in [0, 0.05) is 29.5 Å². The van der Waals surface area contributed by atoms with Crippen molar-refractivity contribution < 1.29 is 9.53 Å². The third-order valence-corrected chi connectivity index (χ3v) is 6.60. The van der Waals surface area contributed by atoms with Crippen molar-refractivity contribution in [2.75, 3.05) is 13.2 Å². The van der Waals surface area contributed by atoms with Crippen LogP contribution in [0.5, 0.6) is 5.75 Å². The second-order valence-electron chi connectivity index (χ2n) is 8.86. The Kier molecular flexibility index (Phi) is 8.59. The average Bonchev–Trinajstić information content (AvgIpc) is 3.20. The first-order chi connectivity index (χ1) is 17.0. The lowest BCUT2D eigenvalue weighted by Crippen LogP contribution is -2.25. The summed E-state index contributed by atoms with van der Waals surface area (Å²) >= 11 is 3.40. The molecule has 5 nitrogen and oxygen atoms in total. The number of hydrogen-bond acceptors (Lipinski definition) is 3. The number of aromatic nitrogens is 2. The molecule has 1 amide bonds. The molecule has 0 unspecified atom stereocenters. The average molecular weight is 534 g/mol. The van der Waals surface area contributed by atoms with E-state index in [4.69, 9.17) is 9.72 Å². The highest BCUT2D eigenvalue weighted by molar-refractivity contribution is 9.10. The second-order valence-corrected chi connectivity index (χ2v) is 9.77. The van der Waals surface area contributed by atoms with Crippen LogP contribution >= 0.6 is 15.9 Å². The Balaban J connectivity index is 1.29. The molecule has 0 fully saturated rings. The first-order valence-electron chi connectivity index (χ1n) is 12.2. The Labute approximate surface area is 215 Å². The second kappa shape index (κ2) is 12.0. The molecule has 0 spiro atoms. The Hall–Kier alpha value is -3.12. The number of rotatable bonds is 11. The van der Waals surface area contributed by atoms with Gasteiger partial charge in [-0.25, -0.2) is 4.98 Å². The molecule has 0 saturated carbocycles. The summed E-state index contributed by atoms with van der Waals surface area (Å²) in [6, 6.07) is 22.0. The maximum Gasteiger partial charge on any atom is 0.251 e. The van der Waals surface area contributed by atoms with Crippen LogP contribution in [0.25, 0.3) is 11.0 Å². The molecule has 0 bridgehead atoms. The van der Waals surface area contributed by atoms with Gasteiger partial charge in [0.05, 0.1) is 17.6 Å². The summed E-state index contributed by atoms with van der Waals surface area (Å²) in [7, 11) is 0. The molecule has 0 aliphatic carbocycles. The molecule has 0 radical (unpaired) electrons. The van der Waals surface area contributed by atoms with Gasteiger partial charge in [-0.3, -0.25) is 4.79 Å². The standard InChI is InChI=1S/C29H32BrN3O2/c1-21-11-16-27(22(2)20-21)35-19-6-5-18-33-26-9-4-3-8-25(26)32-28(33)10-7-17-31-29(34)23-12-14-24(30)15-13-23/h3-4,8-9,11-16,20H,5-7,10,17-19H2,1-2H3,(H,31,34). The van der Waals surface area contributed by atoms with E-state index in [1.165, 1.54) is 11.1 Å². The fraction of sp³-hybridized carbons (Fsp3) is 0.310. The van der Waals surface area contributed by atoms with Crippen molar-refractivity contribution in [1.82, 2.24) is 14.9 Å². The number of amides is 1. The van der Waals surface area contributed by atoms with Crippen molar-refractivity contribution in [3.8, 4) is 5.75 Å². The van der Waals surface area contributed by atoms with Gasteiger partial charge in [-0.15, -0.1) is 0 Å². The minimum absolute atomic E-state index is 0.0465. The molecule has 0 aliphatic rings. The SMILES string of the molecule is Cc1ccc(OCCCCn2c(CCCNC(=O)c3ccc(Br)cc3)nc3ccccc32)c(C)c1. The van der Waals surface area contributed by atoms with Crippen LogP contribution in [-0.4, -0.2) is 28.6 Å². The van der Waals surface area contributed by atoms with Gasteiger partial charge in [-0.2, -0.15) is 0 Å². The molecule has 6 heteroatoms. The number of ether oxygens (including phenoxy) is 1. The molecule has 1 heterocycles. The van der Waals surface area contributed by atoms with Gasteiger partial charge in [0.2, 0.25) is 0 Å². The Morgan fingerprint density at radius 2 is 1.80 bits per heavy atom. The molecule has 0 aliphatic heterocycles. The van der Waals surface area contributed by atoms with E-state index in [0.29, 0.717) is 18.7 Å². The summed E-state index contributed by atoms with van der Waals surface area (Å²) in [6.07, 6.45) is 3.64. The summed E-state index contributed by atoms with van der Waals surface area (Å²) in [5.41, 5.74) is 5.29. The van der Waals surface area contributed by atoms with E-state index >= 15 is 0 Å². The summed E-state index contributed by atoms with van der Waals surface area (Å²) in [5, 5.41) is 3.02. The highest BCUT2D eigenvalue weighted by Crippen LogP contribution is 2.20. The van der Waals surface area contributed by atoms with Crippen LogP contribution in [0.1, 0.15) is 46.6 Å². The zero-order chi connectivity index (χ0) is 24.6. The molecule has 1 aromatic heterocycles. The smallest absolute Gasteiger partial charge is 0.251 e. The summed E-state index contributed by atoms with van der Waals surface area (Å²) in [5.74, 6) is 1.99. The number of nitrogens with zero attached hydrogens (tertiary/aromatic N) is 2. The van der Waals surface area contributed by atoms with Gasteiger partial charge in [0.15, 0.2) is 0 Å². The molecule has 35 heavy (non-hydrogen) atoms. The fourth-order valence-corrected chi connectivity index (χ4v) is 4.50. The Morgan fingerprint density at radius 3 is 2.60 bits per heavy atom. The van der Waals surface area contributed by atoms with E-state index < -0.39 is 0 Å². The zero-order valence-electron chi connectivity index (χ0n) is 20.4. The minimum Gasteiger partial charge on any atom is -0.493 e. The highest BCUT2D eigenvalue weighted by atomic mass is 79.9. The maximum atomic E-state index is 12.4. The van der Waals surface area contributed by atoms with E-state index in [1.807, 2.05) is 30.3 Å². The van der Waals surface area contributed by atoms with Crippen LogP contribution in [0.3, 0.4) is 0 Å². The largest absolute Gasteiger partial charge is 0.493 e. The predicted molar refractivity (Wildman–Crippen MR) is 145 cm³/mol. The molecule has 182 valence electrons. The summed E-state index contributed by atoms with van der Waals surface area (Å²) < 4.78 is 9.29. The van der Waals surface area contributed by atoms with Crippen LogP contribution in [0.2, 0.25) is 0 Å². The van der Waals surface area contributed by atoms with Crippen molar-refractivity contribution in [1.29, 1.82) is 0 Å². The topological polar surface area (TPSA) is 56.1 Å². The van der Waals surface area contributed by atoms with Crippen molar-refractivity contribution in [3.05, 3.63) is 93.7 Å². The van der Waals surface area contributed by atoms with E-state index in [9.17, 15) is 4.79 Å². The number of fused-ring (bicyclic) bond motifs is 1. The molecule has 3 aromatic carbocycles. The fourth-order valence-electron chi connectivity index (χ4n) is 4.23. The lowest BCUT2D eigenvalue weighted by Gasteiger charge is -2.12. The third-order valence-electron chi connectivity index (χ3n) is 6.07.